The second kappa shape index (κ2) is 9.54. The van der Waals surface area contributed by atoms with E-state index < -0.39 is 0 Å². The Balaban J connectivity index is 1.28. The minimum atomic E-state index is -0.300. The maximum atomic E-state index is 13.0. The number of anilines is 1. The van der Waals surface area contributed by atoms with Crippen LogP contribution in [-0.2, 0) is 11.3 Å². The van der Waals surface area contributed by atoms with Crippen LogP contribution in [0.2, 0.25) is 0 Å². The number of carbonyl (C=O) groups is 2. The highest BCUT2D eigenvalue weighted by Crippen LogP contribution is 2.26. The number of piperazine rings is 1. The summed E-state index contributed by atoms with van der Waals surface area (Å²) in [6.07, 6.45) is 0. The van der Waals surface area contributed by atoms with Gasteiger partial charge >= 0.3 is 0 Å². The molecule has 0 aliphatic carbocycles. The van der Waals surface area contributed by atoms with Crippen LogP contribution in [0.15, 0.2) is 83.7 Å². The van der Waals surface area contributed by atoms with Crippen LogP contribution in [0, 0.1) is 0 Å². The summed E-state index contributed by atoms with van der Waals surface area (Å²) in [4.78, 5) is 41.0. The van der Waals surface area contributed by atoms with Gasteiger partial charge in [-0.1, -0.05) is 42.5 Å². The molecule has 1 saturated heterocycles. The van der Waals surface area contributed by atoms with E-state index in [1.807, 2.05) is 66.7 Å². The fourth-order valence-electron chi connectivity index (χ4n) is 4.50. The first-order valence-corrected chi connectivity index (χ1v) is 11.7. The van der Waals surface area contributed by atoms with Gasteiger partial charge in [0.15, 0.2) is 5.78 Å². The Bertz CT molecular complexity index is 1450. The molecule has 3 aromatic carbocycles. The second-order valence-electron chi connectivity index (χ2n) is 8.71. The average Bonchev–Trinajstić information content (AvgIpc) is 2.90. The predicted octanol–water partition coefficient (Wildman–Crippen LogP) is 3.61. The van der Waals surface area contributed by atoms with Gasteiger partial charge in [0.2, 0.25) is 5.91 Å². The van der Waals surface area contributed by atoms with Crippen LogP contribution in [0.25, 0.3) is 22.0 Å². The van der Waals surface area contributed by atoms with E-state index in [9.17, 15) is 14.4 Å². The van der Waals surface area contributed by atoms with Crippen molar-refractivity contribution in [1.29, 1.82) is 0 Å². The van der Waals surface area contributed by atoms with Crippen LogP contribution >= 0.6 is 0 Å². The highest BCUT2D eigenvalue weighted by atomic mass is 16.2. The minimum absolute atomic E-state index is 0.0420. The number of fused-ring (bicyclic) bond motifs is 1. The van der Waals surface area contributed by atoms with E-state index >= 15 is 0 Å². The van der Waals surface area contributed by atoms with E-state index in [0.717, 1.165) is 22.0 Å². The van der Waals surface area contributed by atoms with Crippen molar-refractivity contribution >= 4 is 28.2 Å². The molecule has 176 valence electrons. The number of aromatic nitrogens is 2. The molecular weight excluding hydrogens is 440 g/mol. The fraction of sp³-hybridized carbons (Fsp3) is 0.214. The maximum Gasteiger partial charge on any atom is 0.267 e. The van der Waals surface area contributed by atoms with E-state index in [4.69, 9.17) is 0 Å². The van der Waals surface area contributed by atoms with Gasteiger partial charge in [0, 0.05) is 49.1 Å². The molecule has 7 heteroatoms. The molecule has 0 radical (unpaired) electrons. The van der Waals surface area contributed by atoms with Crippen LogP contribution in [0.4, 0.5) is 5.69 Å². The van der Waals surface area contributed by atoms with E-state index in [0.29, 0.717) is 37.4 Å². The average molecular weight is 467 g/mol. The van der Waals surface area contributed by atoms with Crippen LogP contribution in [0.5, 0.6) is 0 Å². The van der Waals surface area contributed by atoms with Gasteiger partial charge in [-0.25, -0.2) is 4.68 Å². The van der Waals surface area contributed by atoms with Crippen LogP contribution in [0.1, 0.15) is 17.3 Å². The van der Waals surface area contributed by atoms with Gasteiger partial charge in [-0.15, -0.1) is 0 Å². The summed E-state index contributed by atoms with van der Waals surface area (Å²) >= 11 is 0. The van der Waals surface area contributed by atoms with Crippen LogP contribution < -0.4 is 10.5 Å². The standard InChI is InChI=1S/C28H26N4O3/c1-20(33)21-9-11-23(12-10-21)30-15-17-31(18-16-30)28(35)19-32-27(34)14-13-26(29-32)25-8-4-6-22-5-2-3-7-24(22)25/h2-14H,15-19H2,1H3. The van der Waals surface area contributed by atoms with Crippen LogP contribution in [-0.4, -0.2) is 52.5 Å². The smallest absolute Gasteiger partial charge is 0.267 e. The van der Waals surface area contributed by atoms with Crippen molar-refractivity contribution in [2.75, 3.05) is 31.1 Å². The number of benzene rings is 3. The van der Waals surface area contributed by atoms with E-state index in [2.05, 4.69) is 10.00 Å². The zero-order valence-electron chi connectivity index (χ0n) is 19.6. The molecule has 0 atom stereocenters. The molecule has 1 fully saturated rings. The second-order valence-corrected chi connectivity index (χ2v) is 8.71. The van der Waals surface area contributed by atoms with Crippen molar-refractivity contribution in [3.63, 3.8) is 0 Å². The van der Waals surface area contributed by atoms with Crippen molar-refractivity contribution in [2.24, 2.45) is 0 Å². The third kappa shape index (κ3) is 4.71. The van der Waals surface area contributed by atoms with E-state index in [1.54, 1.807) is 17.9 Å². The first-order valence-electron chi connectivity index (χ1n) is 11.7. The van der Waals surface area contributed by atoms with Crippen molar-refractivity contribution < 1.29 is 9.59 Å². The molecule has 0 saturated carbocycles. The molecular formula is C28H26N4O3. The normalized spacial score (nSPS) is 13.7. The topological polar surface area (TPSA) is 75.5 Å². The Morgan fingerprint density at radius 2 is 1.54 bits per heavy atom. The van der Waals surface area contributed by atoms with Gasteiger partial charge in [0.05, 0.1) is 5.69 Å². The molecule has 1 aromatic heterocycles. The van der Waals surface area contributed by atoms with E-state index in [-0.39, 0.29) is 23.8 Å². The van der Waals surface area contributed by atoms with E-state index in [1.165, 1.54) is 10.7 Å². The number of Topliss-reactive ketones (excluding diaryl/α,β-unsaturated/α-hetero) is 1. The van der Waals surface area contributed by atoms with Gasteiger partial charge in [0.25, 0.3) is 5.56 Å². The quantitative estimate of drug-likeness (QED) is 0.420. The lowest BCUT2D eigenvalue weighted by atomic mass is 10.0. The van der Waals surface area contributed by atoms with Gasteiger partial charge in [-0.3, -0.25) is 14.4 Å². The highest BCUT2D eigenvalue weighted by Gasteiger charge is 2.22. The first-order chi connectivity index (χ1) is 17.0. The molecule has 1 aliphatic heterocycles. The minimum Gasteiger partial charge on any atom is -0.368 e. The van der Waals surface area contributed by atoms with Crippen molar-refractivity contribution in [2.45, 2.75) is 13.5 Å². The van der Waals surface area contributed by atoms with Crippen LogP contribution in [0.3, 0.4) is 0 Å². The summed E-state index contributed by atoms with van der Waals surface area (Å²) in [5, 5.41) is 6.67. The third-order valence-electron chi connectivity index (χ3n) is 6.49. The molecule has 0 unspecified atom stereocenters. The Labute approximate surface area is 203 Å². The lowest BCUT2D eigenvalue weighted by molar-refractivity contribution is -0.132. The summed E-state index contributed by atoms with van der Waals surface area (Å²) in [5.74, 6) is -0.0819. The molecule has 4 aromatic rings. The zero-order chi connectivity index (χ0) is 24.4. The van der Waals surface area contributed by atoms with Crippen molar-refractivity contribution in [3.05, 3.63) is 94.8 Å². The molecule has 5 rings (SSSR count). The largest absolute Gasteiger partial charge is 0.368 e. The lowest BCUT2D eigenvalue weighted by Gasteiger charge is -2.36. The van der Waals surface area contributed by atoms with Gasteiger partial charge in [-0.2, -0.15) is 5.10 Å². The SMILES string of the molecule is CC(=O)c1ccc(N2CCN(C(=O)Cn3nc(-c4cccc5ccccc45)ccc3=O)CC2)cc1. The Morgan fingerprint density at radius 1 is 0.829 bits per heavy atom. The predicted molar refractivity (Wildman–Crippen MR) is 137 cm³/mol. The number of nitrogens with zero attached hydrogens (tertiary/aromatic N) is 4. The molecule has 0 N–H and O–H groups in total. The molecule has 2 heterocycles. The first kappa shape index (κ1) is 22.5. The lowest BCUT2D eigenvalue weighted by Crippen LogP contribution is -2.50. The number of carbonyl (C=O) groups excluding carboxylic acids is 2. The summed E-state index contributed by atoms with van der Waals surface area (Å²) in [6.45, 7) is 3.95. The number of rotatable bonds is 5. The van der Waals surface area contributed by atoms with Gasteiger partial charge < -0.3 is 9.80 Å². The molecule has 1 amide bonds. The number of hydrogen-bond acceptors (Lipinski definition) is 5. The molecule has 7 nitrogen and oxygen atoms in total. The summed E-state index contributed by atoms with van der Waals surface area (Å²) < 4.78 is 1.26. The third-order valence-corrected chi connectivity index (χ3v) is 6.49. The number of ketones is 1. The number of amides is 1. The molecule has 0 bridgehead atoms. The number of hydrogen-bond donors (Lipinski definition) is 0. The fourth-order valence-corrected chi connectivity index (χ4v) is 4.50. The summed E-state index contributed by atoms with van der Waals surface area (Å²) in [5.41, 5.74) is 3.00. The Morgan fingerprint density at radius 3 is 2.29 bits per heavy atom. The van der Waals surface area contributed by atoms with Gasteiger partial charge in [-0.05, 0) is 48.0 Å². The van der Waals surface area contributed by atoms with Crippen molar-refractivity contribution in [1.82, 2.24) is 14.7 Å². The molecule has 1 aliphatic rings. The summed E-state index contributed by atoms with van der Waals surface area (Å²) in [7, 11) is 0. The zero-order valence-corrected chi connectivity index (χ0v) is 19.6. The Kier molecular flexibility index (Phi) is 6.14. The monoisotopic (exact) mass is 466 g/mol. The Hall–Kier alpha value is -4.26. The summed E-state index contributed by atoms with van der Waals surface area (Å²) in [6, 6.07) is 24.7. The van der Waals surface area contributed by atoms with Crippen molar-refractivity contribution in [3.8, 4) is 11.3 Å². The van der Waals surface area contributed by atoms with Gasteiger partial charge in [0.1, 0.15) is 6.54 Å². The molecule has 0 spiro atoms. The molecule has 35 heavy (non-hydrogen) atoms. The highest BCUT2D eigenvalue weighted by molar-refractivity contribution is 5.96. The maximum absolute atomic E-state index is 13.0.